The standard InChI is InChI=1S/2C45H60F2N4O9S/c2*1-8-28-21-27(2)11-9-10-12-29-24-45(29,41(55)49-61(56,57)43(5)16-17-43)25-36(52)35-22-30(26-51(35)40(54)33(28)23-37(53)60-42(3,4)44(6,46)47)59-39-32-13-14-34-38(31(32)15-18-48-39)58-20-19-50(34)7/h2*10,12-15,18,27-30,33,35H,8-9,11,16-17,19-26H2,1-7H3,(H,49,55)/b2*12-10-/t27-,28+,29+,30+,33-,35-,45+;27-,28-,29-,30-,33+,35+,45-/m01/s1. The number of Topliss-reactive ketones (excluding diaryl/α,β-unsaturated/α-hetero) is 2. The van der Waals surface area contributed by atoms with Gasteiger partial charge in [-0.15, -0.1) is 0 Å². The minimum absolute atomic E-state index is 0.0286. The molecule has 2 aromatic heterocycles. The number of halogens is 4. The monoisotopic (exact) mass is 1740 g/mol. The van der Waals surface area contributed by atoms with Gasteiger partial charge in [-0.05, 0) is 190 Å². The van der Waals surface area contributed by atoms with Gasteiger partial charge in [0.25, 0.3) is 11.8 Å². The number of rotatable bonds is 20. The number of ether oxygens (including phenoxy) is 6. The number of carbonyl (C=O) groups is 8. The first-order valence-corrected chi connectivity index (χ1v) is 46.3. The number of allylic oxidation sites excluding steroid dienone is 4. The van der Waals surface area contributed by atoms with Gasteiger partial charge in [0.15, 0.2) is 34.3 Å². The highest BCUT2D eigenvalue weighted by Gasteiger charge is 2.65. The summed E-state index contributed by atoms with van der Waals surface area (Å²) in [5.41, 5.74) is -5.16. The second-order valence-corrected chi connectivity index (χ2v) is 42.5. The topological polar surface area (TPSA) is 323 Å². The van der Waals surface area contributed by atoms with Crippen LogP contribution in [-0.2, 0) is 67.9 Å². The van der Waals surface area contributed by atoms with Crippen LogP contribution in [0.5, 0.6) is 23.3 Å². The summed E-state index contributed by atoms with van der Waals surface area (Å²) in [5, 5.41) is 2.90. The van der Waals surface area contributed by atoms with Gasteiger partial charge in [-0.25, -0.2) is 44.4 Å². The van der Waals surface area contributed by atoms with Crippen molar-refractivity contribution in [2.45, 2.75) is 268 Å². The van der Waals surface area contributed by atoms with E-state index >= 15 is 9.59 Å². The normalized spacial score (nSPS) is 29.9. The first-order valence-electron chi connectivity index (χ1n) is 43.4. The van der Waals surface area contributed by atoms with Crippen molar-refractivity contribution in [1.29, 1.82) is 0 Å². The molecule has 6 aliphatic heterocycles. The van der Waals surface area contributed by atoms with E-state index in [1.165, 1.54) is 9.80 Å². The molecule has 26 nitrogen and oxygen atoms in total. The number of alkyl halides is 4. The van der Waals surface area contributed by atoms with Crippen molar-refractivity contribution in [2.75, 3.05) is 63.3 Å². The summed E-state index contributed by atoms with van der Waals surface area (Å²) in [6.45, 7) is 19.3. The number of benzene rings is 2. The maximum Gasteiger partial charge on any atom is 0.307 e. The lowest BCUT2D eigenvalue weighted by Gasteiger charge is -2.35. The molecule has 10 aliphatic rings. The van der Waals surface area contributed by atoms with Gasteiger partial charge in [-0.3, -0.25) is 47.8 Å². The summed E-state index contributed by atoms with van der Waals surface area (Å²) in [7, 11) is -4.06. The molecule has 122 heavy (non-hydrogen) atoms. The van der Waals surface area contributed by atoms with Gasteiger partial charge in [0, 0.05) is 87.6 Å². The Morgan fingerprint density at radius 2 is 0.918 bits per heavy atom. The van der Waals surface area contributed by atoms with Crippen LogP contribution < -0.4 is 38.2 Å². The number of anilines is 2. The molecule has 0 radical (unpaired) electrons. The molecule has 14 atom stereocenters. The first kappa shape index (κ1) is 91.0. The molecular formula is C90H120F4N8O18S2. The number of esters is 2. The summed E-state index contributed by atoms with van der Waals surface area (Å²) < 4.78 is 150. The van der Waals surface area contributed by atoms with E-state index in [2.05, 4.69) is 43.1 Å². The van der Waals surface area contributed by atoms with Crippen molar-refractivity contribution >= 4 is 100 Å². The number of aromatic nitrogens is 2. The molecule has 4 amide bonds. The summed E-state index contributed by atoms with van der Waals surface area (Å²) in [4.78, 5) is 131. The number of likely N-dealkylation sites (N-methyl/N-ethyl adjacent to an activating group) is 2. The van der Waals surface area contributed by atoms with Gasteiger partial charge in [0.05, 0.1) is 94.6 Å². The van der Waals surface area contributed by atoms with Gasteiger partial charge in [0.2, 0.25) is 55.4 Å². The van der Waals surface area contributed by atoms with Crippen molar-refractivity contribution < 1.29 is 101 Å². The highest BCUT2D eigenvalue weighted by atomic mass is 32.2. The Morgan fingerprint density at radius 3 is 1.26 bits per heavy atom. The van der Waals surface area contributed by atoms with Crippen molar-refractivity contribution in [3.05, 3.63) is 73.1 Å². The minimum Gasteiger partial charge on any atom is -0.489 e. The SMILES string of the molecule is CC[C@@H]1C[C@@H](C)CC/C=C\[C@@H]2C[C@@]2(C(=O)NS(=O)(=O)C2(C)CC2)CC(=O)[C@@H]2C[C@@H](Oc3nccc4c5c(ccc34)N(C)CCO5)CN2C(=O)[C@H]1CC(=O)OC(C)(C)C(C)(F)F.CC[C@@H]1C[C@H](C)CC/C=C\[C@@H]2C[C@@]2(C(=O)NS(=O)(=O)C2(C)CC2)CC(=O)[C@@H]2C[C@@H](Oc3nccc4c5c(ccc34)N(C)CCO5)CN2C(=O)[C@H]1CC(=O)OC(C)(C)C(C)(F)F. The molecule has 32 heteroatoms. The molecule has 4 aromatic rings. The fraction of sp³-hybridized carbons (Fsp3) is 0.667. The van der Waals surface area contributed by atoms with Crippen molar-refractivity contribution in [3.63, 3.8) is 0 Å². The Labute approximate surface area is 712 Å². The van der Waals surface area contributed by atoms with Gasteiger partial charge in [-0.1, -0.05) is 64.8 Å². The van der Waals surface area contributed by atoms with Gasteiger partial charge >= 0.3 is 11.9 Å². The van der Waals surface area contributed by atoms with Gasteiger partial charge in [0.1, 0.15) is 25.4 Å². The van der Waals surface area contributed by atoms with Gasteiger partial charge in [-0.2, -0.15) is 0 Å². The Bertz CT molecular complexity index is 4720. The molecule has 668 valence electrons. The summed E-state index contributed by atoms with van der Waals surface area (Å²) in [6, 6.07) is 9.09. The summed E-state index contributed by atoms with van der Waals surface area (Å²) in [6.07, 6.45) is 14.9. The summed E-state index contributed by atoms with van der Waals surface area (Å²) in [5.74, 6) is -13.5. The smallest absolute Gasteiger partial charge is 0.307 e. The maximum absolute atomic E-state index is 15.2. The lowest BCUT2D eigenvalue weighted by atomic mass is 9.79. The van der Waals surface area contributed by atoms with Crippen molar-refractivity contribution in [1.82, 2.24) is 29.2 Å². The highest BCUT2D eigenvalue weighted by molar-refractivity contribution is 7.92. The van der Waals surface area contributed by atoms with E-state index in [1.807, 2.05) is 88.6 Å². The number of carbonyl (C=O) groups excluding carboxylic acids is 8. The number of ketones is 2. The first-order chi connectivity index (χ1) is 57.2. The van der Waals surface area contributed by atoms with E-state index in [-0.39, 0.29) is 87.0 Å². The zero-order chi connectivity index (χ0) is 88.6. The number of nitrogens with one attached hydrogen (secondary N) is 2. The van der Waals surface area contributed by atoms with E-state index in [0.717, 1.165) is 75.8 Å². The molecule has 0 spiro atoms. The largest absolute Gasteiger partial charge is 0.489 e. The van der Waals surface area contributed by atoms with Crippen LogP contribution in [0, 0.1) is 58.2 Å². The molecule has 4 aliphatic carbocycles. The number of pyridine rings is 2. The zero-order valence-corrected chi connectivity index (χ0v) is 74.2. The number of hydrogen-bond donors (Lipinski definition) is 2. The van der Waals surface area contributed by atoms with E-state index < -0.39 is 171 Å². The number of amides is 4. The van der Waals surface area contributed by atoms with Crippen LogP contribution in [0.3, 0.4) is 0 Å². The molecule has 6 fully saturated rings. The minimum atomic E-state index is -4.01. The molecule has 14 rings (SSSR count). The van der Waals surface area contributed by atoms with Crippen LogP contribution in [-0.4, -0.2) is 194 Å². The number of hydrogen-bond acceptors (Lipinski definition) is 22. The Morgan fingerprint density at radius 1 is 0.549 bits per heavy atom. The van der Waals surface area contributed by atoms with Crippen LogP contribution in [0.2, 0.25) is 0 Å². The molecule has 0 unspecified atom stereocenters. The van der Waals surface area contributed by atoms with Crippen molar-refractivity contribution in [2.24, 2.45) is 58.2 Å². The molecule has 2 N–H and O–H groups in total. The number of fused-ring (bicyclic) bond motifs is 10. The summed E-state index contributed by atoms with van der Waals surface area (Å²) >= 11 is 0. The van der Waals surface area contributed by atoms with Crippen LogP contribution in [0.4, 0.5) is 28.9 Å². The lowest BCUT2D eigenvalue weighted by Crippen LogP contribution is -2.49. The van der Waals surface area contributed by atoms with Crippen LogP contribution >= 0.6 is 0 Å². The van der Waals surface area contributed by atoms with Crippen molar-refractivity contribution in [3.8, 4) is 23.3 Å². The third-order valence-electron chi connectivity index (χ3n) is 28.3. The van der Waals surface area contributed by atoms with Gasteiger partial charge < -0.3 is 48.0 Å². The lowest BCUT2D eigenvalue weighted by molar-refractivity contribution is -0.197. The average molecular weight is 1740 g/mol. The highest BCUT2D eigenvalue weighted by Crippen LogP contribution is 2.60. The number of nitrogens with zero attached hydrogens (tertiary/aromatic N) is 6. The Hall–Kier alpha value is -8.68. The quantitative estimate of drug-likeness (QED) is 0.0471. The van der Waals surface area contributed by atoms with E-state index in [4.69, 9.17) is 28.4 Å². The molecule has 4 saturated carbocycles. The van der Waals surface area contributed by atoms with E-state index in [1.54, 1.807) is 26.2 Å². The second kappa shape index (κ2) is 34.3. The fourth-order valence-corrected chi connectivity index (χ4v) is 21.1. The predicted molar refractivity (Wildman–Crippen MR) is 449 cm³/mol. The third kappa shape index (κ3) is 18.7. The van der Waals surface area contributed by atoms with Crippen LogP contribution in [0.25, 0.3) is 21.5 Å². The average Bonchev–Trinajstić information content (AvgIpc) is 1.60. The molecule has 8 heterocycles. The molecule has 0 bridgehead atoms. The van der Waals surface area contributed by atoms with E-state index in [0.29, 0.717) is 114 Å². The number of sulfonamides is 2. The zero-order valence-electron chi connectivity index (χ0n) is 72.6. The molecule has 2 saturated heterocycles. The Kier molecular flexibility index (Phi) is 25.6. The second-order valence-electron chi connectivity index (χ2n) is 38.1. The maximum atomic E-state index is 15.2. The van der Waals surface area contributed by atoms with E-state index in [9.17, 15) is 63.2 Å². The molecular weight excluding hydrogens is 1620 g/mol. The van der Waals surface area contributed by atoms with Crippen LogP contribution in [0.1, 0.15) is 212 Å². The Balaban J connectivity index is 0.000000210. The molecule has 2 aromatic carbocycles. The fourth-order valence-electron chi connectivity index (χ4n) is 18.5. The van der Waals surface area contributed by atoms with Crippen LogP contribution in [0.15, 0.2) is 73.1 Å². The predicted octanol–water partition coefficient (Wildman–Crippen LogP) is 13.5. The third-order valence-corrected chi connectivity index (χ3v) is 32.6.